The third kappa shape index (κ3) is 8.12. The normalized spacial score (nSPS) is 11.6. The predicted octanol–water partition coefficient (Wildman–Crippen LogP) is 2.34. The number of para-hydroxylation sites is 1. The number of aliphatic carboxylic acids is 1. The maximum atomic E-state index is 12.8. The van der Waals surface area contributed by atoms with Gasteiger partial charge in [-0.2, -0.15) is 0 Å². The zero-order chi connectivity index (χ0) is 27.5. The summed E-state index contributed by atoms with van der Waals surface area (Å²) in [7, 11) is 0. The second-order valence-electron chi connectivity index (χ2n) is 8.65. The molecule has 1 unspecified atom stereocenters. The molecule has 2 aromatic carbocycles. The summed E-state index contributed by atoms with van der Waals surface area (Å²) in [6.45, 7) is 5.72. The summed E-state index contributed by atoms with van der Waals surface area (Å²) >= 11 is 0. The van der Waals surface area contributed by atoms with Gasteiger partial charge in [-0.25, -0.2) is 4.79 Å². The van der Waals surface area contributed by atoms with Gasteiger partial charge in [0.1, 0.15) is 6.04 Å². The van der Waals surface area contributed by atoms with Crippen LogP contribution in [0.1, 0.15) is 63.0 Å². The molecule has 0 bridgehead atoms. The van der Waals surface area contributed by atoms with E-state index in [2.05, 4.69) is 17.6 Å². The van der Waals surface area contributed by atoms with E-state index in [1.165, 1.54) is 19.1 Å². The highest BCUT2D eigenvalue weighted by Gasteiger charge is 2.29. The molecule has 37 heavy (non-hydrogen) atoms. The third-order valence-corrected chi connectivity index (χ3v) is 5.82. The van der Waals surface area contributed by atoms with Crippen molar-refractivity contribution in [3.05, 3.63) is 59.2 Å². The Kier molecular flexibility index (Phi) is 11.2. The number of benzene rings is 2. The van der Waals surface area contributed by atoms with Crippen LogP contribution < -0.4 is 15.5 Å². The van der Waals surface area contributed by atoms with Crippen molar-refractivity contribution >= 4 is 35.1 Å². The molecule has 0 aliphatic carbocycles. The van der Waals surface area contributed by atoms with Crippen molar-refractivity contribution in [3.8, 4) is 0 Å². The highest BCUT2D eigenvalue weighted by molar-refractivity contribution is 6.39. The van der Waals surface area contributed by atoms with Crippen LogP contribution in [0.5, 0.6) is 0 Å². The predicted molar refractivity (Wildman–Crippen MR) is 138 cm³/mol. The van der Waals surface area contributed by atoms with E-state index < -0.39 is 24.2 Å². The molecule has 2 rings (SSSR count). The topological polar surface area (TPSA) is 156 Å². The van der Waals surface area contributed by atoms with E-state index in [0.717, 1.165) is 24.2 Å². The quantitative estimate of drug-likeness (QED) is 0.166. The molecule has 10 heteroatoms. The number of nitrogens with zero attached hydrogens (tertiary/aromatic N) is 1. The van der Waals surface area contributed by atoms with Crippen LogP contribution in [0.25, 0.3) is 0 Å². The lowest BCUT2D eigenvalue weighted by Crippen LogP contribution is -2.47. The van der Waals surface area contributed by atoms with Gasteiger partial charge >= 0.3 is 11.9 Å². The summed E-state index contributed by atoms with van der Waals surface area (Å²) in [5.41, 5.74) is 1.54. The smallest absolute Gasteiger partial charge is 0.395 e. The Labute approximate surface area is 216 Å². The number of anilines is 2. The standard InChI is InChI=1S/C27H35N3O7/c1-4-6-9-14-28-24(32)21(29-17(3)31)16-18-12-13-22(19(5-2)15-18)30(25(33)27(36)37)23-11-8-7-10-20(23)26(34)35/h7-8,10-13,15,21,26,34-35H,4-6,9,14,16H2,1-3H3,(H,28,32)(H,29,31)(H,36,37). The first-order chi connectivity index (χ1) is 17.6. The summed E-state index contributed by atoms with van der Waals surface area (Å²) < 4.78 is 0. The molecule has 3 amide bonds. The highest BCUT2D eigenvalue weighted by atomic mass is 16.5. The number of carbonyl (C=O) groups is 4. The van der Waals surface area contributed by atoms with Gasteiger partial charge in [-0.1, -0.05) is 57.0 Å². The summed E-state index contributed by atoms with van der Waals surface area (Å²) in [4.78, 5) is 49.9. The van der Waals surface area contributed by atoms with Gasteiger partial charge in [0.05, 0.1) is 11.4 Å². The van der Waals surface area contributed by atoms with Crippen LogP contribution in [0, 0.1) is 0 Å². The Hall–Kier alpha value is -3.76. The van der Waals surface area contributed by atoms with Crippen molar-refractivity contribution in [2.75, 3.05) is 11.4 Å². The minimum Gasteiger partial charge on any atom is -0.474 e. The molecule has 0 fully saturated rings. The second-order valence-corrected chi connectivity index (χ2v) is 8.65. The van der Waals surface area contributed by atoms with E-state index in [1.807, 2.05) is 6.92 Å². The number of hydrogen-bond donors (Lipinski definition) is 5. The van der Waals surface area contributed by atoms with Crippen LogP contribution in [0.15, 0.2) is 42.5 Å². The molecule has 0 heterocycles. The SMILES string of the molecule is CCCCCNC(=O)C(Cc1ccc(N(C(=O)C(=O)O)c2ccccc2C(O)O)c(CC)c1)NC(C)=O. The Morgan fingerprint density at radius 3 is 2.27 bits per heavy atom. The number of aliphatic hydroxyl groups excluding tert-OH is 1. The summed E-state index contributed by atoms with van der Waals surface area (Å²) in [6, 6.07) is 10.1. The first-order valence-electron chi connectivity index (χ1n) is 12.3. The van der Waals surface area contributed by atoms with E-state index in [0.29, 0.717) is 24.1 Å². The maximum absolute atomic E-state index is 12.8. The molecule has 0 saturated heterocycles. The van der Waals surface area contributed by atoms with Crippen molar-refractivity contribution in [1.29, 1.82) is 0 Å². The molecule has 1 atom stereocenters. The number of aryl methyl sites for hydroxylation is 1. The molecule has 0 aliphatic rings. The van der Waals surface area contributed by atoms with Gasteiger partial charge in [0.15, 0.2) is 6.29 Å². The zero-order valence-corrected chi connectivity index (χ0v) is 21.4. The summed E-state index contributed by atoms with van der Waals surface area (Å²) in [5.74, 6) is -3.63. The fourth-order valence-electron chi connectivity index (χ4n) is 4.02. The maximum Gasteiger partial charge on any atom is 0.395 e. The zero-order valence-electron chi connectivity index (χ0n) is 21.4. The van der Waals surface area contributed by atoms with Crippen LogP contribution in [0.2, 0.25) is 0 Å². The van der Waals surface area contributed by atoms with Gasteiger partial charge in [-0.05, 0) is 36.1 Å². The molecule has 200 valence electrons. The number of nitrogens with one attached hydrogen (secondary N) is 2. The number of hydrogen-bond acceptors (Lipinski definition) is 6. The molecule has 0 aromatic heterocycles. The number of carboxylic acids is 1. The average molecular weight is 514 g/mol. The molecular formula is C27H35N3O7. The number of amides is 3. The van der Waals surface area contributed by atoms with Gasteiger partial charge in [-0.15, -0.1) is 0 Å². The van der Waals surface area contributed by atoms with Crippen molar-refractivity contribution < 1.29 is 34.5 Å². The molecule has 2 aromatic rings. The number of aliphatic hydroxyl groups is 2. The van der Waals surface area contributed by atoms with Crippen molar-refractivity contribution in [1.82, 2.24) is 10.6 Å². The number of carboxylic acid groups (broad SMARTS) is 1. The Balaban J connectivity index is 2.45. The average Bonchev–Trinajstić information content (AvgIpc) is 2.86. The molecular weight excluding hydrogens is 478 g/mol. The number of carbonyl (C=O) groups excluding carboxylic acids is 3. The first kappa shape index (κ1) is 29.5. The summed E-state index contributed by atoms with van der Waals surface area (Å²) in [5, 5.41) is 34.6. The fraction of sp³-hybridized carbons (Fsp3) is 0.407. The Bertz CT molecular complexity index is 1120. The van der Waals surface area contributed by atoms with E-state index in [9.17, 15) is 34.5 Å². The molecule has 5 N–H and O–H groups in total. The third-order valence-electron chi connectivity index (χ3n) is 5.82. The fourth-order valence-corrected chi connectivity index (χ4v) is 4.02. The Morgan fingerprint density at radius 1 is 0.973 bits per heavy atom. The largest absolute Gasteiger partial charge is 0.474 e. The van der Waals surface area contributed by atoms with Gasteiger partial charge in [-0.3, -0.25) is 19.3 Å². The highest BCUT2D eigenvalue weighted by Crippen LogP contribution is 2.34. The van der Waals surface area contributed by atoms with Crippen LogP contribution in [0.4, 0.5) is 11.4 Å². The van der Waals surface area contributed by atoms with Crippen molar-refractivity contribution in [2.24, 2.45) is 0 Å². The lowest BCUT2D eigenvalue weighted by atomic mass is 9.99. The van der Waals surface area contributed by atoms with Gasteiger partial charge in [0.2, 0.25) is 11.8 Å². The number of rotatable bonds is 12. The molecule has 0 aliphatic heterocycles. The summed E-state index contributed by atoms with van der Waals surface area (Å²) in [6.07, 6.45) is 1.49. The van der Waals surface area contributed by atoms with E-state index in [4.69, 9.17) is 0 Å². The Morgan fingerprint density at radius 2 is 1.68 bits per heavy atom. The second kappa shape index (κ2) is 14.1. The van der Waals surface area contributed by atoms with Crippen LogP contribution >= 0.6 is 0 Å². The minimum absolute atomic E-state index is 0.0231. The first-order valence-corrected chi connectivity index (χ1v) is 12.3. The van der Waals surface area contributed by atoms with Gasteiger partial charge < -0.3 is 26.0 Å². The van der Waals surface area contributed by atoms with E-state index in [1.54, 1.807) is 30.3 Å². The minimum atomic E-state index is -1.93. The van der Waals surface area contributed by atoms with E-state index >= 15 is 0 Å². The molecule has 0 saturated carbocycles. The number of unbranched alkanes of at least 4 members (excludes halogenated alkanes) is 2. The van der Waals surface area contributed by atoms with Crippen molar-refractivity contribution in [2.45, 2.75) is 65.2 Å². The molecule has 0 spiro atoms. The molecule has 0 radical (unpaired) electrons. The van der Waals surface area contributed by atoms with Crippen molar-refractivity contribution in [3.63, 3.8) is 0 Å². The lowest BCUT2D eigenvalue weighted by Gasteiger charge is -2.27. The molecule has 10 nitrogen and oxygen atoms in total. The van der Waals surface area contributed by atoms with Crippen LogP contribution in [0.3, 0.4) is 0 Å². The van der Waals surface area contributed by atoms with Gasteiger partial charge in [0, 0.05) is 25.5 Å². The van der Waals surface area contributed by atoms with Crippen LogP contribution in [-0.4, -0.2) is 51.6 Å². The van der Waals surface area contributed by atoms with Crippen LogP contribution in [-0.2, 0) is 32.0 Å². The van der Waals surface area contributed by atoms with E-state index in [-0.39, 0.29) is 35.2 Å². The monoisotopic (exact) mass is 513 g/mol. The lowest BCUT2D eigenvalue weighted by molar-refractivity contribution is -0.148. The van der Waals surface area contributed by atoms with Gasteiger partial charge in [0.25, 0.3) is 0 Å².